The molecule has 4 aromatic rings. The van der Waals surface area contributed by atoms with Crippen LogP contribution in [0.15, 0.2) is 42.5 Å². The summed E-state index contributed by atoms with van der Waals surface area (Å²) in [6.45, 7) is 3.83. The van der Waals surface area contributed by atoms with Crippen molar-refractivity contribution in [3.05, 3.63) is 64.4 Å². The monoisotopic (exact) mass is 397 g/mol. The summed E-state index contributed by atoms with van der Waals surface area (Å²) >= 11 is 7.36. The number of rotatable bonds is 4. The highest BCUT2D eigenvalue weighted by molar-refractivity contribution is 7.19. The van der Waals surface area contributed by atoms with Crippen molar-refractivity contribution >= 4 is 39.5 Å². The minimum absolute atomic E-state index is 0.0670. The van der Waals surface area contributed by atoms with E-state index in [1.54, 1.807) is 16.6 Å². The zero-order chi connectivity index (χ0) is 19.0. The van der Waals surface area contributed by atoms with E-state index >= 15 is 0 Å². The van der Waals surface area contributed by atoms with Crippen molar-refractivity contribution in [2.45, 2.75) is 20.3 Å². The Morgan fingerprint density at radius 1 is 1.15 bits per heavy atom. The molecule has 0 aliphatic carbocycles. The van der Waals surface area contributed by atoms with E-state index in [1.807, 2.05) is 44.2 Å². The molecule has 0 spiro atoms. The van der Waals surface area contributed by atoms with Crippen LogP contribution in [0.3, 0.4) is 0 Å². The first-order chi connectivity index (χ1) is 13.0. The zero-order valence-corrected chi connectivity index (χ0v) is 16.3. The fraction of sp³-hybridized carbons (Fsp3) is 0.158. The van der Waals surface area contributed by atoms with E-state index in [2.05, 4.69) is 20.6 Å². The second-order valence-corrected chi connectivity index (χ2v) is 7.62. The van der Waals surface area contributed by atoms with Crippen LogP contribution < -0.4 is 5.32 Å². The number of anilines is 1. The van der Waals surface area contributed by atoms with Gasteiger partial charge in [-0.05, 0) is 55.3 Å². The van der Waals surface area contributed by atoms with Crippen LogP contribution in [0.1, 0.15) is 17.0 Å². The molecular formula is C19H16ClN5OS. The number of amides is 1. The molecule has 0 saturated heterocycles. The molecule has 136 valence electrons. The molecule has 2 heterocycles. The maximum Gasteiger partial charge on any atom is 0.234 e. The molecule has 1 N–H and O–H groups in total. The average molecular weight is 398 g/mol. The predicted octanol–water partition coefficient (Wildman–Crippen LogP) is 4.30. The van der Waals surface area contributed by atoms with E-state index < -0.39 is 0 Å². The Hall–Kier alpha value is -2.77. The summed E-state index contributed by atoms with van der Waals surface area (Å²) in [6, 6.07) is 13.1. The molecule has 2 aromatic heterocycles. The maximum absolute atomic E-state index is 12.3. The number of hydrogen-bond acceptors (Lipinski definition) is 5. The summed E-state index contributed by atoms with van der Waals surface area (Å²) < 4.78 is 1.73. The first-order valence-electron chi connectivity index (χ1n) is 8.34. The van der Waals surface area contributed by atoms with Crippen LogP contribution in [0, 0.1) is 13.8 Å². The molecule has 27 heavy (non-hydrogen) atoms. The SMILES string of the molecule is Cc1cc(-c2nn3c(C)nnc3s2)ccc1NC(=O)Cc1ccc(Cl)cc1. The Labute approximate surface area is 164 Å². The third kappa shape index (κ3) is 3.70. The van der Waals surface area contributed by atoms with E-state index in [-0.39, 0.29) is 5.91 Å². The maximum atomic E-state index is 12.3. The molecule has 0 fully saturated rings. The van der Waals surface area contributed by atoms with E-state index in [0.717, 1.165) is 38.2 Å². The van der Waals surface area contributed by atoms with E-state index in [9.17, 15) is 4.79 Å². The lowest BCUT2D eigenvalue weighted by Gasteiger charge is -2.09. The van der Waals surface area contributed by atoms with Gasteiger partial charge in [0.15, 0.2) is 5.82 Å². The summed E-state index contributed by atoms with van der Waals surface area (Å²) in [5.74, 6) is 0.692. The van der Waals surface area contributed by atoms with Gasteiger partial charge in [-0.15, -0.1) is 10.2 Å². The lowest BCUT2D eigenvalue weighted by Crippen LogP contribution is -2.15. The Bertz CT molecular complexity index is 1130. The number of halogens is 1. The average Bonchev–Trinajstić information content (AvgIpc) is 3.21. The minimum atomic E-state index is -0.0670. The number of hydrogen-bond donors (Lipinski definition) is 1. The predicted molar refractivity (Wildman–Crippen MR) is 107 cm³/mol. The van der Waals surface area contributed by atoms with Crippen molar-refractivity contribution in [2.75, 3.05) is 5.32 Å². The van der Waals surface area contributed by atoms with Crippen LogP contribution in [0.25, 0.3) is 15.5 Å². The van der Waals surface area contributed by atoms with Gasteiger partial charge in [-0.3, -0.25) is 4.79 Å². The molecule has 0 saturated carbocycles. The topological polar surface area (TPSA) is 72.2 Å². The van der Waals surface area contributed by atoms with Crippen molar-refractivity contribution in [1.82, 2.24) is 19.8 Å². The lowest BCUT2D eigenvalue weighted by atomic mass is 10.1. The van der Waals surface area contributed by atoms with Gasteiger partial charge in [-0.2, -0.15) is 9.61 Å². The zero-order valence-electron chi connectivity index (χ0n) is 14.7. The van der Waals surface area contributed by atoms with Gasteiger partial charge in [-0.25, -0.2) is 0 Å². The first kappa shape index (κ1) is 17.6. The standard InChI is InChI=1S/C19H16ClN5OS/c1-11-9-14(18-24-25-12(2)22-23-19(25)27-18)5-8-16(11)21-17(26)10-13-3-6-15(20)7-4-13/h3-9H,10H2,1-2H3,(H,21,26). The van der Waals surface area contributed by atoms with Gasteiger partial charge in [0, 0.05) is 16.3 Å². The van der Waals surface area contributed by atoms with Crippen LogP contribution >= 0.6 is 22.9 Å². The quantitative estimate of drug-likeness (QED) is 0.557. The normalized spacial score (nSPS) is 11.1. The second kappa shape index (κ2) is 7.09. The Balaban J connectivity index is 1.51. The summed E-state index contributed by atoms with van der Waals surface area (Å²) in [6.07, 6.45) is 0.300. The molecule has 0 unspecified atom stereocenters. The number of carbonyl (C=O) groups excluding carboxylic acids is 1. The molecule has 4 rings (SSSR count). The van der Waals surface area contributed by atoms with Crippen LogP contribution in [-0.2, 0) is 11.2 Å². The highest BCUT2D eigenvalue weighted by Gasteiger charge is 2.12. The van der Waals surface area contributed by atoms with Gasteiger partial charge >= 0.3 is 0 Å². The van der Waals surface area contributed by atoms with E-state index in [0.29, 0.717) is 11.4 Å². The van der Waals surface area contributed by atoms with Crippen molar-refractivity contribution < 1.29 is 4.79 Å². The summed E-state index contributed by atoms with van der Waals surface area (Å²) in [5, 5.41) is 17.1. The van der Waals surface area contributed by atoms with Crippen LogP contribution in [0.4, 0.5) is 5.69 Å². The van der Waals surface area contributed by atoms with E-state index in [1.165, 1.54) is 11.3 Å². The van der Waals surface area contributed by atoms with Gasteiger partial charge in [-0.1, -0.05) is 35.1 Å². The van der Waals surface area contributed by atoms with Gasteiger partial charge in [0.2, 0.25) is 10.9 Å². The molecule has 0 radical (unpaired) electrons. The molecule has 1 amide bonds. The fourth-order valence-corrected chi connectivity index (χ4v) is 3.76. The molecule has 2 aromatic carbocycles. The second-order valence-electron chi connectivity index (χ2n) is 6.23. The van der Waals surface area contributed by atoms with Crippen molar-refractivity contribution in [1.29, 1.82) is 0 Å². The number of fused-ring (bicyclic) bond motifs is 1. The molecule has 8 heteroatoms. The third-order valence-corrected chi connectivity index (χ3v) is 5.37. The smallest absolute Gasteiger partial charge is 0.234 e. The highest BCUT2D eigenvalue weighted by atomic mass is 35.5. The van der Waals surface area contributed by atoms with Gasteiger partial charge in [0.1, 0.15) is 5.01 Å². The molecule has 0 bridgehead atoms. The van der Waals surface area contributed by atoms with Crippen LogP contribution in [-0.4, -0.2) is 25.7 Å². The molecule has 0 atom stereocenters. The number of aryl methyl sites for hydroxylation is 2. The number of aromatic nitrogens is 4. The van der Waals surface area contributed by atoms with Gasteiger partial charge < -0.3 is 5.32 Å². The van der Waals surface area contributed by atoms with Crippen LogP contribution in [0.5, 0.6) is 0 Å². The van der Waals surface area contributed by atoms with Crippen molar-refractivity contribution in [2.24, 2.45) is 0 Å². The largest absolute Gasteiger partial charge is 0.326 e. The molecular weight excluding hydrogens is 382 g/mol. The van der Waals surface area contributed by atoms with Crippen LogP contribution in [0.2, 0.25) is 5.02 Å². The van der Waals surface area contributed by atoms with Crippen molar-refractivity contribution in [3.63, 3.8) is 0 Å². The van der Waals surface area contributed by atoms with E-state index in [4.69, 9.17) is 11.6 Å². The first-order valence-corrected chi connectivity index (χ1v) is 9.53. The van der Waals surface area contributed by atoms with Gasteiger partial charge in [0.25, 0.3) is 0 Å². The number of benzene rings is 2. The molecule has 0 aliphatic heterocycles. The Kier molecular flexibility index (Phi) is 4.63. The molecule has 0 aliphatic rings. The Morgan fingerprint density at radius 2 is 1.93 bits per heavy atom. The minimum Gasteiger partial charge on any atom is -0.326 e. The summed E-state index contributed by atoms with van der Waals surface area (Å²) in [7, 11) is 0. The summed E-state index contributed by atoms with van der Waals surface area (Å²) in [4.78, 5) is 13.1. The Morgan fingerprint density at radius 3 is 2.63 bits per heavy atom. The number of nitrogens with one attached hydrogen (secondary N) is 1. The number of nitrogens with zero attached hydrogens (tertiary/aromatic N) is 4. The summed E-state index contributed by atoms with van der Waals surface area (Å²) in [5.41, 5.74) is 3.66. The fourth-order valence-electron chi connectivity index (χ4n) is 2.75. The number of carbonyl (C=O) groups is 1. The van der Waals surface area contributed by atoms with Crippen molar-refractivity contribution in [3.8, 4) is 10.6 Å². The lowest BCUT2D eigenvalue weighted by molar-refractivity contribution is -0.115. The van der Waals surface area contributed by atoms with Gasteiger partial charge in [0.05, 0.1) is 6.42 Å². The highest BCUT2D eigenvalue weighted by Crippen LogP contribution is 2.28. The third-order valence-electron chi connectivity index (χ3n) is 4.17. The molecule has 6 nitrogen and oxygen atoms in total.